The van der Waals surface area contributed by atoms with Crippen LogP contribution in [0.4, 0.5) is 0 Å². The van der Waals surface area contributed by atoms with Crippen LogP contribution in [0.5, 0.6) is 5.75 Å². The number of nitrogens with one attached hydrogen (secondary N) is 1. The SMILES string of the molecule is COc1ccccc1[C@@H](C)NCc1ccncc1Cl. The van der Waals surface area contributed by atoms with Crippen LogP contribution in [0.15, 0.2) is 42.7 Å². The Morgan fingerprint density at radius 1 is 1.32 bits per heavy atom. The molecule has 1 atom stereocenters. The average molecular weight is 277 g/mol. The van der Waals surface area contributed by atoms with Crippen molar-refractivity contribution < 1.29 is 4.74 Å². The van der Waals surface area contributed by atoms with Crippen LogP contribution < -0.4 is 10.1 Å². The van der Waals surface area contributed by atoms with E-state index in [1.54, 1.807) is 19.5 Å². The van der Waals surface area contributed by atoms with Gasteiger partial charge in [0.1, 0.15) is 5.75 Å². The number of benzene rings is 1. The molecule has 0 aliphatic rings. The van der Waals surface area contributed by atoms with E-state index in [1.807, 2.05) is 24.3 Å². The number of para-hydroxylation sites is 1. The average Bonchev–Trinajstić information content (AvgIpc) is 2.46. The molecule has 0 unspecified atom stereocenters. The van der Waals surface area contributed by atoms with Gasteiger partial charge in [-0.1, -0.05) is 29.8 Å². The van der Waals surface area contributed by atoms with E-state index in [4.69, 9.17) is 16.3 Å². The minimum Gasteiger partial charge on any atom is -0.496 e. The van der Waals surface area contributed by atoms with E-state index in [1.165, 1.54) is 0 Å². The summed E-state index contributed by atoms with van der Waals surface area (Å²) in [5.74, 6) is 0.892. The zero-order chi connectivity index (χ0) is 13.7. The molecule has 1 heterocycles. The molecule has 4 heteroatoms. The first-order chi connectivity index (χ1) is 9.22. The third kappa shape index (κ3) is 3.46. The molecule has 0 fully saturated rings. The van der Waals surface area contributed by atoms with E-state index in [2.05, 4.69) is 23.3 Å². The molecule has 1 N–H and O–H groups in total. The Kier molecular flexibility index (Phi) is 4.77. The lowest BCUT2D eigenvalue weighted by atomic mass is 10.1. The van der Waals surface area contributed by atoms with Crippen LogP contribution in [0.1, 0.15) is 24.1 Å². The lowest BCUT2D eigenvalue weighted by molar-refractivity contribution is 0.401. The molecule has 0 aliphatic carbocycles. The molecular formula is C15H17ClN2O. The van der Waals surface area contributed by atoms with Crippen molar-refractivity contribution in [2.75, 3.05) is 7.11 Å². The largest absolute Gasteiger partial charge is 0.496 e. The number of rotatable bonds is 5. The predicted octanol–water partition coefficient (Wildman–Crippen LogP) is 3.59. The second kappa shape index (κ2) is 6.55. The van der Waals surface area contributed by atoms with Crippen LogP contribution >= 0.6 is 11.6 Å². The van der Waals surface area contributed by atoms with Crippen molar-refractivity contribution in [2.45, 2.75) is 19.5 Å². The van der Waals surface area contributed by atoms with Crippen LogP contribution in [0.25, 0.3) is 0 Å². The zero-order valence-corrected chi connectivity index (χ0v) is 11.8. The quantitative estimate of drug-likeness (QED) is 0.906. The van der Waals surface area contributed by atoms with E-state index in [0.29, 0.717) is 11.6 Å². The maximum Gasteiger partial charge on any atom is 0.123 e. The van der Waals surface area contributed by atoms with Crippen LogP contribution in [0, 0.1) is 0 Å². The highest BCUT2D eigenvalue weighted by Crippen LogP contribution is 2.25. The predicted molar refractivity (Wildman–Crippen MR) is 77.5 cm³/mol. The normalized spacial score (nSPS) is 12.2. The highest BCUT2D eigenvalue weighted by atomic mass is 35.5. The Bertz CT molecular complexity index is 545. The van der Waals surface area contributed by atoms with Gasteiger partial charge < -0.3 is 10.1 Å². The van der Waals surface area contributed by atoms with Gasteiger partial charge in [-0.15, -0.1) is 0 Å². The van der Waals surface area contributed by atoms with Gasteiger partial charge in [0, 0.05) is 30.5 Å². The van der Waals surface area contributed by atoms with Gasteiger partial charge in [0.25, 0.3) is 0 Å². The standard InChI is InChI=1S/C15H17ClN2O/c1-11(13-5-3-4-6-15(13)19-2)18-9-12-7-8-17-10-14(12)16/h3-8,10-11,18H,9H2,1-2H3/t11-/m1/s1. The highest BCUT2D eigenvalue weighted by molar-refractivity contribution is 6.31. The van der Waals surface area contributed by atoms with Crippen molar-refractivity contribution in [3.63, 3.8) is 0 Å². The number of methoxy groups -OCH3 is 1. The fourth-order valence-corrected chi connectivity index (χ4v) is 2.13. The van der Waals surface area contributed by atoms with E-state index >= 15 is 0 Å². The summed E-state index contributed by atoms with van der Waals surface area (Å²) in [6.07, 6.45) is 3.41. The Hall–Kier alpha value is -1.58. The summed E-state index contributed by atoms with van der Waals surface area (Å²) >= 11 is 6.09. The van der Waals surface area contributed by atoms with Crippen molar-refractivity contribution in [1.29, 1.82) is 0 Å². The number of ether oxygens (including phenoxy) is 1. The monoisotopic (exact) mass is 276 g/mol. The van der Waals surface area contributed by atoms with E-state index in [-0.39, 0.29) is 6.04 Å². The third-order valence-corrected chi connectivity index (χ3v) is 3.40. The van der Waals surface area contributed by atoms with E-state index in [9.17, 15) is 0 Å². The number of pyridine rings is 1. The molecule has 1 aromatic heterocycles. The minimum absolute atomic E-state index is 0.181. The highest BCUT2D eigenvalue weighted by Gasteiger charge is 2.10. The summed E-state index contributed by atoms with van der Waals surface area (Å²) in [4.78, 5) is 3.98. The van der Waals surface area contributed by atoms with Gasteiger partial charge in [-0.05, 0) is 24.6 Å². The molecule has 0 radical (unpaired) electrons. The van der Waals surface area contributed by atoms with Crippen molar-refractivity contribution >= 4 is 11.6 Å². The van der Waals surface area contributed by atoms with Gasteiger partial charge in [-0.2, -0.15) is 0 Å². The first-order valence-electron chi connectivity index (χ1n) is 6.17. The molecule has 0 saturated heterocycles. The van der Waals surface area contributed by atoms with Gasteiger partial charge in [0.15, 0.2) is 0 Å². The van der Waals surface area contributed by atoms with Crippen LogP contribution in [0.2, 0.25) is 5.02 Å². The topological polar surface area (TPSA) is 34.1 Å². The van der Waals surface area contributed by atoms with Crippen LogP contribution in [0.3, 0.4) is 0 Å². The molecule has 100 valence electrons. The molecule has 2 aromatic rings. The molecule has 0 bridgehead atoms. The second-order valence-corrected chi connectivity index (χ2v) is 4.72. The van der Waals surface area contributed by atoms with Crippen molar-refractivity contribution in [2.24, 2.45) is 0 Å². The zero-order valence-electron chi connectivity index (χ0n) is 11.1. The summed E-state index contributed by atoms with van der Waals surface area (Å²) < 4.78 is 5.37. The van der Waals surface area contributed by atoms with Crippen molar-refractivity contribution in [3.05, 3.63) is 58.9 Å². The fourth-order valence-electron chi connectivity index (χ4n) is 1.94. The smallest absolute Gasteiger partial charge is 0.123 e. The second-order valence-electron chi connectivity index (χ2n) is 4.31. The van der Waals surface area contributed by atoms with Gasteiger partial charge >= 0.3 is 0 Å². The molecule has 0 spiro atoms. The molecule has 1 aromatic carbocycles. The van der Waals surface area contributed by atoms with Crippen molar-refractivity contribution in [1.82, 2.24) is 10.3 Å². The number of hydrogen-bond donors (Lipinski definition) is 1. The Morgan fingerprint density at radius 3 is 2.84 bits per heavy atom. The van der Waals surface area contributed by atoms with Crippen molar-refractivity contribution in [3.8, 4) is 5.75 Å². The maximum atomic E-state index is 6.09. The summed E-state index contributed by atoms with van der Waals surface area (Å²) in [5.41, 5.74) is 2.17. The van der Waals surface area contributed by atoms with Crippen LogP contribution in [-0.4, -0.2) is 12.1 Å². The van der Waals surface area contributed by atoms with Gasteiger partial charge in [0.05, 0.1) is 12.1 Å². The molecule has 0 amide bonds. The van der Waals surface area contributed by atoms with E-state index < -0.39 is 0 Å². The minimum atomic E-state index is 0.181. The lowest BCUT2D eigenvalue weighted by Crippen LogP contribution is -2.18. The molecule has 0 aliphatic heterocycles. The lowest BCUT2D eigenvalue weighted by Gasteiger charge is -2.17. The number of hydrogen-bond acceptors (Lipinski definition) is 3. The molecule has 0 saturated carbocycles. The summed E-state index contributed by atoms with van der Waals surface area (Å²) in [6, 6.07) is 10.1. The van der Waals surface area contributed by atoms with Gasteiger partial charge in [-0.3, -0.25) is 4.98 Å². The Balaban J connectivity index is 2.05. The fraction of sp³-hybridized carbons (Fsp3) is 0.267. The molecular weight excluding hydrogens is 260 g/mol. The Labute approximate surface area is 118 Å². The van der Waals surface area contributed by atoms with E-state index in [0.717, 1.165) is 16.9 Å². The first kappa shape index (κ1) is 13.8. The molecule has 2 rings (SSSR count). The summed E-state index contributed by atoms with van der Waals surface area (Å²) in [6.45, 7) is 2.80. The van der Waals surface area contributed by atoms with Gasteiger partial charge in [-0.25, -0.2) is 0 Å². The third-order valence-electron chi connectivity index (χ3n) is 3.06. The van der Waals surface area contributed by atoms with Gasteiger partial charge in [0.2, 0.25) is 0 Å². The number of aromatic nitrogens is 1. The Morgan fingerprint density at radius 2 is 2.11 bits per heavy atom. The molecule has 19 heavy (non-hydrogen) atoms. The molecule has 3 nitrogen and oxygen atoms in total. The van der Waals surface area contributed by atoms with Crippen LogP contribution in [-0.2, 0) is 6.54 Å². The number of nitrogens with zero attached hydrogens (tertiary/aromatic N) is 1. The summed E-state index contributed by atoms with van der Waals surface area (Å²) in [5, 5.41) is 4.12. The summed E-state index contributed by atoms with van der Waals surface area (Å²) in [7, 11) is 1.69. The maximum absolute atomic E-state index is 6.09. The first-order valence-corrected chi connectivity index (χ1v) is 6.55. The number of halogens is 1.